The van der Waals surface area contributed by atoms with Crippen molar-refractivity contribution in [2.75, 3.05) is 6.61 Å². The maximum absolute atomic E-state index is 12.4. The second-order valence-electron chi connectivity index (χ2n) is 13.9. The van der Waals surface area contributed by atoms with Gasteiger partial charge in [0, 0.05) is 0 Å². The van der Waals surface area contributed by atoms with Gasteiger partial charge in [0.1, 0.15) is 0 Å². The van der Waals surface area contributed by atoms with Crippen molar-refractivity contribution >= 4 is 5.91 Å². The maximum Gasteiger partial charge on any atom is 0.222 e. The smallest absolute Gasteiger partial charge is 0.222 e. The Labute approximate surface area is 280 Å². The third-order valence-corrected chi connectivity index (χ3v) is 9.32. The van der Waals surface area contributed by atoms with Crippen LogP contribution in [0.5, 0.6) is 0 Å². The van der Waals surface area contributed by atoms with Crippen LogP contribution >= 0.6 is 0 Å². The second-order valence-corrected chi connectivity index (χ2v) is 13.9. The molecule has 268 valence electrons. The van der Waals surface area contributed by atoms with Crippen LogP contribution in [-0.4, -0.2) is 46.1 Å². The van der Waals surface area contributed by atoms with Crippen LogP contribution in [0.25, 0.3) is 0 Å². The van der Waals surface area contributed by atoms with Gasteiger partial charge in [-0.3, -0.25) is 4.79 Å². The van der Waals surface area contributed by atoms with E-state index < -0.39 is 18.2 Å². The van der Waals surface area contributed by atoms with Gasteiger partial charge in [-0.25, -0.2) is 0 Å². The molecule has 0 aromatic rings. The number of carbonyl (C=O) groups is 1. The minimum Gasteiger partial charge on any atom is -0.394 e. The lowest BCUT2D eigenvalue weighted by Crippen LogP contribution is -2.45. The predicted molar refractivity (Wildman–Crippen MR) is 195 cm³/mol. The van der Waals surface area contributed by atoms with Crippen LogP contribution in [-0.2, 0) is 4.79 Å². The standard InChI is InChI=1S/C40H79NO4/c1-3-5-7-9-11-13-15-17-18-19-20-22-23-25-27-29-31-33-37(43)35-40(45)41-38(36-42)39(44)34-32-30-28-26-24-21-16-14-12-10-8-6-4-2/h32,34,37-39,42-44H,3-31,33,35-36H2,1-2H3,(H,41,45)/b34-32+. The number of hydrogen-bond acceptors (Lipinski definition) is 4. The molecule has 0 radical (unpaired) electrons. The number of carbonyl (C=O) groups excluding carboxylic acids is 1. The number of aliphatic hydroxyl groups excluding tert-OH is 3. The molecule has 45 heavy (non-hydrogen) atoms. The summed E-state index contributed by atoms with van der Waals surface area (Å²) in [7, 11) is 0. The Balaban J connectivity index is 3.67. The molecule has 0 saturated heterocycles. The molecule has 0 aliphatic rings. The maximum atomic E-state index is 12.4. The summed E-state index contributed by atoms with van der Waals surface area (Å²) < 4.78 is 0. The molecule has 0 heterocycles. The lowest BCUT2D eigenvalue weighted by Gasteiger charge is -2.21. The van der Waals surface area contributed by atoms with Gasteiger partial charge in [0.05, 0.1) is 31.3 Å². The highest BCUT2D eigenvalue weighted by atomic mass is 16.3. The monoisotopic (exact) mass is 638 g/mol. The molecule has 3 atom stereocenters. The molecule has 0 aliphatic heterocycles. The third kappa shape index (κ3) is 32.8. The number of aliphatic hydroxyl groups is 3. The van der Waals surface area contributed by atoms with E-state index in [1.165, 1.54) is 161 Å². The van der Waals surface area contributed by atoms with E-state index in [-0.39, 0.29) is 18.9 Å². The molecule has 3 unspecified atom stereocenters. The van der Waals surface area contributed by atoms with Crippen molar-refractivity contribution in [3.05, 3.63) is 12.2 Å². The molecule has 5 heteroatoms. The molecule has 0 spiro atoms. The van der Waals surface area contributed by atoms with Crippen LogP contribution in [0.3, 0.4) is 0 Å². The average Bonchev–Trinajstić information content (AvgIpc) is 3.03. The number of allylic oxidation sites excluding steroid dienone is 1. The fourth-order valence-corrected chi connectivity index (χ4v) is 6.22. The van der Waals surface area contributed by atoms with Crippen LogP contribution in [0, 0.1) is 0 Å². The van der Waals surface area contributed by atoms with Gasteiger partial charge in [-0.1, -0.05) is 199 Å². The van der Waals surface area contributed by atoms with Crippen LogP contribution in [0.4, 0.5) is 0 Å². The van der Waals surface area contributed by atoms with Crippen molar-refractivity contribution in [3.63, 3.8) is 0 Å². The first-order valence-corrected chi connectivity index (χ1v) is 20.0. The van der Waals surface area contributed by atoms with Crippen molar-refractivity contribution in [1.29, 1.82) is 0 Å². The van der Waals surface area contributed by atoms with Gasteiger partial charge in [-0.15, -0.1) is 0 Å². The Morgan fingerprint density at radius 2 is 0.911 bits per heavy atom. The molecule has 0 aliphatic carbocycles. The summed E-state index contributed by atoms with van der Waals surface area (Å²) in [5, 5.41) is 33.1. The quantitative estimate of drug-likeness (QED) is 0.0406. The molecule has 0 bridgehead atoms. The fraction of sp³-hybridized carbons (Fsp3) is 0.925. The van der Waals surface area contributed by atoms with E-state index in [0.717, 1.165) is 25.7 Å². The van der Waals surface area contributed by atoms with Crippen molar-refractivity contribution < 1.29 is 20.1 Å². The number of unbranched alkanes of at least 4 members (excludes halogenated alkanes) is 27. The zero-order valence-electron chi connectivity index (χ0n) is 30.3. The van der Waals surface area contributed by atoms with Crippen LogP contribution in [0.2, 0.25) is 0 Å². The van der Waals surface area contributed by atoms with E-state index in [1.807, 2.05) is 6.08 Å². The zero-order valence-corrected chi connectivity index (χ0v) is 30.3. The molecule has 4 N–H and O–H groups in total. The van der Waals surface area contributed by atoms with Gasteiger partial charge >= 0.3 is 0 Å². The van der Waals surface area contributed by atoms with Crippen LogP contribution < -0.4 is 5.32 Å². The van der Waals surface area contributed by atoms with E-state index in [1.54, 1.807) is 6.08 Å². The number of hydrogen-bond donors (Lipinski definition) is 4. The van der Waals surface area contributed by atoms with Crippen molar-refractivity contribution in [2.45, 2.75) is 231 Å². The third-order valence-electron chi connectivity index (χ3n) is 9.32. The van der Waals surface area contributed by atoms with Gasteiger partial charge in [0.15, 0.2) is 0 Å². The van der Waals surface area contributed by atoms with E-state index in [9.17, 15) is 20.1 Å². The number of nitrogens with one attached hydrogen (secondary N) is 1. The van der Waals surface area contributed by atoms with Gasteiger partial charge in [-0.2, -0.15) is 0 Å². The molecule has 0 fully saturated rings. The summed E-state index contributed by atoms with van der Waals surface area (Å²) >= 11 is 0. The minimum atomic E-state index is -0.922. The van der Waals surface area contributed by atoms with Gasteiger partial charge in [0.2, 0.25) is 5.91 Å². The highest BCUT2D eigenvalue weighted by molar-refractivity contribution is 5.76. The summed E-state index contributed by atoms with van der Waals surface area (Å²) in [4.78, 5) is 12.4. The summed E-state index contributed by atoms with van der Waals surface area (Å²) in [5.41, 5.74) is 0. The Bertz CT molecular complexity index is 625. The molecule has 0 rings (SSSR count). The largest absolute Gasteiger partial charge is 0.394 e. The predicted octanol–water partition coefficient (Wildman–Crippen LogP) is 10.9. The van der Waals surface area contributed by atoms with Crippen molar-refractivity contribution in [1.82, 2.24) is 5.32 Å². The Morgan fingerprint density at radius 3 is 1.29 bits per heavy atom. The normalized spacial score (nSPS) is 13.8. The molecule has 0 saturated carbocycles. The SMILES string of the molecule is CCCCCCCCCCCCC/C=C/C(O)C(CO)NC(=O)CC(O)CCCCCCCCCCCCCCCCCCC. The molecular weight excluding hydrogens is 558 g/mol. The number of amides is 1. The van der Waals surface area contributed by atoms with E-state index in [0.29, 0.717) is 6.42 Å². The van der Waals surface area contributed by atoms with E-state index >= 15 is 0 Å². The molecule has 5 nitrogen and oxygen atoms in total. The Kier molecular flexibility index (Phi) is 35.2. The highest BCUT2D eigenvalue weighted by Crippen LogP contribution is 2.16. The second kappa shape index (κ2) is 35.9. The van der Waals surface area contributed by atoms with E-state index in [4.69, 9.17) is 0 Å². The summed E-state index contributed by atoms with van der Waals surface area (Å²) in [6.07, 6.45) is 40.5. The van der Waals surface area contributed by atoms with Crippen molar-refractivity contribution in [3.8, 4) is 0 Å². The summed E-state index contributed by atoms with van der Waals surface area (Å²) in [6, 6.07) is -0.737. The first-order valence-electron chi connectivity index (χ1n) is 20.0. The minimum absolute atomic E-state index is 0.0184. The fourth-order valence-electron chi connectivity index (χ4n) is 6.22. The summed E-state index contributed by atoms with van der Waals surface area (Å²) in [5.74, 6) is -0.314. The average molecular weight is 638 g/mol. The van der Waals surface area contributed by atoms with Crippen LogP contribution in [0.1, 0.15) is 213 Å². The summed E-state index contributed by atoms with van der Waals surface area (Å²) in [6.45, 7) is 4.21. The molecular formula is C40H79NO4. The van der Waals surface area contributed by atoms with E-state index in [2.05, 4.69) is 19.2 Å². The lowest BCUT2D eigenvalue weighted by atomic mass is 10.0. The van der Waals surface area contributed by atoms with Crippen LogP contribution in [0.15, 0.2) is 12.2 Å². The molecule has 0 aromatic carbocycles. The topological polar surface area (TPSA) is 89.8 Å². The van der Waals surface area contributed by atoms with Crippen molar-refractivity contribution in [2.24, 2.45) is 0 Å². The number of rotatable bonds is 36. The molecule has 1 amide bonds. The van der Waals surface area contributed by atoms with Gasteiger partial charge in [-0.05, 0) is 19.3 Å². The first kappa shape index (κ1) is 44.1. The first-order chi connectivity index (χ1) is 22.0. The Morgan fingerprint density at radius 1 is 0.556 bits per heavy atom. The Hall–Kier alpha value is -0.910. The highest BCUT2D eigenvalue weighted by Gasteiger charge is 2.20. The molecule has 0 aromatic heterocycles. The van der Waals surface area contributed by atoms with Gasteiger partial charge < -0.3 is 20.6 Å². The lowest BCUT2D eigenvalue weighted by molar-refractivity contribution is -0.124. The van der Waals surface area contributed by atoms with Gasteiger partial charge in [0.25, 0.3) is 0 Å². The zero-order chi connectivity index (χ0) is 33.1.